The molecule has 0 N–H and O–H groups in total. The third-order valence-corrected chi connectivity index (χ3v) is 3.42. The van der Waals surface area contributed by atoms with Crippen molar-refractivity contribution in [3.8, 4) is 0 Å². The van der Waals surface area contributed by atoms with Gasteiger partial charge in [0.2, 0.25) is 0 Å². The van der Waals surface area contributed by atoms with E-state index in [0.29, 0.717) is 5.92 Å². The van der Waals surface area contributed by atoms with E-state index in [0.717, 1.165) is 23.4 Å². The molecule has 0 aromatic rings. The second kappa shape index (κ2) is 7.98. The van der Waals surface area contributed by atoms with Crippen LogP contribution in [0.3, 0.4) is 0 Å². The first-order chi connectivity index (χ1) is 8.66. The van der Waals surface area contributed by atoms with Gasteiger partial charge < -0.3 is 4.90 Å². The fourth-order valence-electron chi connectivity index (χ4n) is 1.66. The molecule has 0 aliphatic rings. The van der Waals surface area contributed by atoms with E-state index in [2.05, 4.69) is 40.0 Å². The van der Waals surface area contributed by atoms with Gasteiger partial charge in [0.25, 0.3) is 0 Å². The minimum absolute atomic E-state index is 0.281. The van der Waals surface area contributed by atoms with Gasteiger partial charge in [-0.1, -0.05) is 37.3 Å². The molecule has 0 heterocycles. The molecule has 0 fully saturated rings. The second-order valence-electron chi connectivity index (χ2n) is 5.75. The molecule has 0 rings (SSSR count). The van der Waals surface area contributed by atoms with Crippen LogP contribution >= 0.6 is 0 Å². The lowest BCUT2D eigenvalue weighted by atomic mass is 9.97. The maximum Gasteiger partial charge on any atom is 0.125 e. The fraction of sp³-hybridized carbons (Fsp3) is 0.588. The first-order valence-electron chi connectivity index (χ1n) is 6.90. The summed E-state index contributed by atoms with van der Waals surface area (Å²) in [6.45, 7) is 18.5. The number of rotatable bonds is 6. The first kappa shape index (κ1) is 17.7. The quantitative estimate of drug-likeness (QED) is 0.392. The number of hydrogen-bond donors (Lipinski definition) is 0. The zero-order chi connectivity index (χ0) is 15.2. The molecule has 0 aromatic carbocycles. The van der Waals surface area contributed by atoms with Gasteiger partial charge in [0.05, 0.1) is 6.04 Å². The van der Waals surface area contributed by atoms with Crippen LogP contribution in [0.25, 0.3) is 0 Å². The third kappa shape index (κ3) is 6.42. The number of nitrogens with zero attached hydrogens (tertiary/aromatic N) is 2. The minimum Gasteiger partial charge on any atom is -0.363 e. The number of allylic oxidation sites excluding steroid dienone is 3. The molecule has 2 atom stereocenters. The highest BCUT2D eigenvalue weighted by molar-refractivity contribution is 5.96. The summed E-state index contributed by atoms with van der Waals surface area (Å²) in [5, 5.41) is 0. The number of aliphatic imine (C=N–C) groups is 1. The summed E-state index contributed by atoms with van der Waals surface area (Å²) >= 11 is 0. The Morgan fingerprint density at radius 3 is 2.00 bits per heavy atom. The van der Waals surface area contributed by atoms with E-state index in [4.69, 9.17) is 4.99 Å². The Kier molecular flexibility index (Phi) is 7.43. The molecule has 0 amide bonds. The summed E-state index contributed by atoms with van der Waals surface area (Å²) < 4.78 is 0. The molecular formula is C17H30N2. The van der Waals surface area contributed by atoms with Crippen molar-refractivity contribution >= 4 is 5.84 Å². The van der Waals surface area contributed by atoms with Crippen LogP contribution in [-0.2, 0) is 0 Å². The molecule has 0 saturated carbocycles. The summed E-state index contributed by atoms with van der Waals surface area (Å²) in [5.74, 6) is 1.49. The average molecular weight is 262 g/mol. The SMILES string of the molecule is C=C(C)C(=NC(C)C(C)C/C=C(/C)C(=C)C)N(C)C. The third-order valence-electron chi connectivity index (χ3n) is 3.42. The molecule has 0 aromatic heterocycles. The minimum atomic E-state index is 0.281. The largest absolute Gasteiger partial charge is 0.363 e. The Morgan fingerprint density at radius 2 is 1.63 bits per heavy atom. The summed E-state index contributed by atoms with van der Waals surface area (Å²) in [7, 11) is 4.02. The molecule has 2 heteroatoms. The standard InChI is InChI=1S/C17H30N2/c1-12(2)14(5)10-11-15(6)16(7)18-17(13(3)4)19(8)9/h10,15-16H,1,3,11H2,2,4-9H3/b14-10-,18-17?. The van der Waals surface area contributed by atoms with Gasteiger partial charge in [0.1, 0.15) is 5.84 Å². The molecule has 0 aliphatic carbocycles. The van der Waals surface area contributed by atoms with Gasteiger partial charge in [0.15, 0.2) is 0 Å². The van der Waals surface area contributed by atoms with Crippen LogP contribution in [0.4, 0.5) is 0 Å². The first-order valence-corrected chi connectivity index (χ1v) is 6.90. The predicted molar refractivity (Wildman–Crippen MR) is 87.8 cm³/mol. The average Bonchev–Trinajstić information content (AvgIpc) is 2.30. The Morgan fingerprint density at radius 1 is 1.11 bits per heavy atom. The Hall–Kier alpha value is -1.31. The highest BCUT2D eigenvalue weighted by atomic mass is 15.1. The number of amidine groups is 1. The molecule has 19 heavy (non-hydrogen) atoms. The lowest BCUT2D eigenvalue weighted by molar-refractivity contribution is 0.482. The van der Waals surface area contributed by atoms with Crippen LogP contribution in [0.1, 0.15) is 41.0 Å². The van der Waals surface area contributed by atoms with E-state index < -0.39 is 0 Å². The smallest absolute Gasteiger partial charge is 0.125 e. The molecule has 0 bridgehead atoms. The van der Waals surface area contributed by atoms with Crippen LogP contribution in [0.2, 0.25) is 0 Å². The van der Waals surface area contributed by atoms with Crippen molar-refractivity contribution in [2.24, 2.45) is 10.9 Å². The van der Waals surface area contributed by atoms with Crippen LogP contribution in [-0.4, -0.2) is 30.9 Å². The highest BCUT2D eigenvalue weighted by Gasteiger charge is 2.12. The van der Waals surface area contributed by atoms with Gasteiger partial charge in [-0.15, -0.1) is 0 Å². The highest BCUT2D eigenvalue weighted by Crippen LogP contribution is 2.16. The van der Waals surface area contributed by atoms with Gasteiger partial charge in [-0.3, -0.25) is 4.99 Å². The van der Waals surface area contributed by atoms with E-state index in [9.17, 15) is 0 Å². The number of likely N-dealkylation sites (N-methyl/N-ethyl adjacent to an activating group) is 1. The maximum atomic E-state index is 4.79. The van der Waals surface area contributed by atoms with Crippen molar-refractivity contribution in [1.29, 1.82) is 0 Å². The normalized spacial score (nSPS) is 15.9. The van der Waals surface area contributed by atoms with E-state index >= 15 is 0 Å². The summed E-state index contributed by atoms with van der Waals surface area (Å²) in [5.41, 5.74) is 3.42. The van der Waals surface area contributed by atoms with Crippen LogP contribution in [0.5, 0.6) is 0 Å². The summed E-state index contributed by atoms with van der Waals surface area (Å²) in [6, 6.07) is 0.281. The van der Waals surface area contributed by atoms with E-state index in [1.54, 1.807) is 0 Å². The zero-order valence-electron chi connectivity index (χ0n) is 13.7. The molecule has 2 nitrogen and oxygen atoms in total. The van der Waals surface area contributed by atoms with Crippen LogP contribution in [0.15, 0.2) is 40.9 Å². The topological polar surface area (TPSA) is 15.6 Å². The predicted octanol–water partition coefficient (Wildman–Crippen LogP) is 4.46. The lowest BCUT2D eigenvalue weighted by Crippen LogP contribution is -2.26. The van der Waals surface area contributed by atoms with Gasteiger partial charge in [-0.05, 0) is 45.6 Å². The molecule has 2 unspecified atom stereocenters. The maximum absolute atomic E-state index is 4.79. The number of hydrogen-bond acceptors (Lipinski definition) is 1. The van der Waals surface area contributed by atoms with E-state index in [-0.39, 0.29) is 6.04 Å². The van der Waals surface area contributed by atoms with Gasteiger partial charge in [-0.2, -0.15) is 0 Å². The second-order valence-corrected chi connectivity index (χ2v) is 5.75. The Balaban J connectivity index is 4.78. The zero-order valence-corrected chi connectivity index (χ0v) is 13.7. The van der Waals surface area contributed by atoms with Crippen molar-refractivity contribution in [2.45, 2.75) is 47.1 Å². The molecule has 0 saturated heterocycles. The van der Waals surface area contributed by atoms with Crippen molar-refractivity contribution in [3.05, 3.63) is 36.0 Å². The Bertz CT molecular complexity index is 386. The molecule has 0 radical (unpaired) electrons. The van der Waals surface area contributed by atoms with Gasteiger partial charge >= 0.3 is 0 Å². The van der Waals surface area contributed by atoms with Crippen molar-refractivity contribution in [2.75, 3.05) is 14.1 Å². The summed E-state index contributed by atoms with van der Waals surface area (Å²) in [4.78, 5) is 6.82. The van der Waals surface area contributed by atoms with Crippen molar-refractivity contribution < 1.29 is 0 Å². The van der Waals surface area contributed by atoms with E-state index in [1.165, 1.54) is 5.57 Å². The van der Waals surface area contributed by atoms with Crippen molar-refractivity contribution in [3.63, 3.8) is 0 Å². The van der Waals surface area contributed by atoms with Gasteiger partial charge in [0, 0.05) is 14.1 Å². The lowest BCUT2D eigenvalue weighted by Gasteiger charge is -2.21. The van der Waals surface area contributed by atoms with Crippen LogP contribution < -0.4 is 0 Å². The molecule has 0 aliphatic heterocycles. The van der Waals surface area contributed by atoms with Gasteiger partial charge in [-0.25, -0.2) is 0 Å². The summed E-state index contributed by atoms with van der Waals surface area (Å²) in [6.07, 6.45) is 3.29. The van der Waals surface area contributed by atoms with E-state index in [1.807, 2.05) is 32.8 Å². The Labute approximate surface area is 119 Å². The molecule has 108 valence electrons. The molecular weight excluding hydrogens is 232 g/mol. The van der Waals surface area contributed by atoms with Crippen LogP contribution in [0, 0.1) is 5.92 Å². The fourth-order valence-corrected chi connectivity index (χ4v) is 1.66. The monoisotopic (exact) mass is 262 g/mol. The molecule has 0 spiro atoms. The van der Waals surface area contributed by atoms with Crippen molar-refractivity contribution in [1.82, 2.24) is 4.90 Å².